The minimum absolute atomic E-state index is 1.03. The first-order valence-electron chi connectivity index (χ1n) is 4.34. The van der Waals surface area contributed by atoms with E-state index in [9.17, 15) is 0 Å². The summed E-state index contributed by atoms with van der Waals surface area (Å²) < 4.78 is 0. The van der Waals surface area contributed by atoms with E-state index in [1.165, 1.54) is 32.1 Å². The van der Waals surface area contributed by atoms with E-state index in [1.807, 2.05) is 0 Å². The summed E-state index contributed by atoms with van der Waals surface area (Å²) in [7, 11) is 0. The summed E-state index contributed by atoms with van der Waals surface area (Å²) in [4.78, 5) is 0. The molecule has 0 aromatic rings. The fourth-order valence-electron chi connectivity index (χ4n) is 2.02. The minimum Gasteiger partial charge on any atom is -0.0654 e. The summed E-state index contributed by atoms with van der Waals surface area (Å²) >= 11 is 0. The molecule has 0 N–H and O–H groups in total. The molecule has 0 aromatic heterocycles. The minimum atomic E-state index is 1.03. The van der Waals surface area contributed by atoms with Gasteiger partial charge in [-0.2, -0.15) is 0 Å². The van der Waals surface area contributed by atoms with Crippen molar-refractivity contribution in [2.24, 2.45) is 11.8 Å². The highest BCUT2D eigenvalue weighted by Gasteiger charge is 2.21. The summed E-state index contributed by atoms with van der Waals surface area (Å²) in [5.74, 6) is 2.11. The maximum Gasteiger partial charge on any atom is -0.0389 e. The monoisotopic (exact) mass is 126 g/mol. The Bertz CT molecular complexity index is 76.1. The molecule has 1 rings (SSSR count). The average molecular weight is 126 g/mol. The van der Waals surface area contributed by atoms with Gasteiger partial charge in [-0.1, -0.05) is 46.0 Å². The van der Waals surface area contributed by atoms with E-state index < -0.39 is 0 Å². The molecule has 1 fully saturated rings. The fraction of sp³-hybridized carbons (Fsp3) is 1.00. The predicted molar refractivity (Wildman–Crippen MR) is 41.4 cm³/mol. The highest BCUT2D eigenvalue weighted by molar-refractivity contribution is 4.73. The van der Waals surface area contributed by atoms with Crippen molar-refractivity contribution in [1.82, 2.24) is 0 Å². The quantitative estimate of drug-likeness (QED) is 0.533. The van der Waals surface area contributed by atoms with Gasteiger partial charge < -0.3 is 0 Å². The van der Waals surface area contributed by atoms with Crippen molar-refractivity contribution >= 4 is 0 Å². The van der Waals surface area contributed by atoms with Crippen LogP contribution in [-0.2, 0) is 0 Å². The van der Waals surface area contributed by atoms with E-state index in [4.69, 9.17) is 0 Å². The van der Waals surface area contributed by atoms with Gasteiger partial charge in [0.25, 0.3) is 0 Å². The largest absolute Gasteiger partial charge is 0.0654 e. The second-order valence-corrected chi connectivity index (χ2v) is 3.46. The standard InChI is InChI=1S/C9H18/c1-3-5-9-7-4-6-8(9)2/h8-9H,3-7H2,1-2H3. The van der Waals surface area contributed by atoms with Gasteiger partial charge in [-0.15, -0.1) is 0 Å². The Morgan fingerprint density at radius 3 is 2.56 bits per heavy atom. The first-order valence-corrected chi connectivity index (χ1v) is 4.34. The highest BCUT2D eigenvalue weighted by Crippen LogP contribution is 2.33. The normalized spacial score (nSPS) is 35.3. The summed E-state index contributed by atoms with van der Waals surface area (Å²) in [6.07, 6.45) is 7.35. The van der Waals surface area contributed by atoms with Crippen LogP contribution in [0.5, 0.6) is 0 Å². The van der Waals surface area contributed by atoms with Crippen molar-refractivity contribution < 1.29 is 0 Å². The molecular formula is C9H18. The molecule has 1 aliphatic carbocycles. The third-order valence-corrected chi connectivity index (χ3v) is 2.70. The SMILES string of the molecule is CCCC1CCCC1C. The molecule has 0 radical (unpaired) electrons. The summed E-state index contributed by atoms with van der Waals surface area (Å²) in [5, 5.41) is 0. The Kier molecular flexibility index (Phi) is 2.56. The van der Waals surface area contributed by atoms with Crippen molar-refractivity contribution in [2.75, 3.05) is 0 Å². The van der Waals surface area contributed by atoms with Crippen LogP contribution in [0.3, 0.4) is 0 Å². The Labute approximate surface area is 58.7 Å². The van der Waals surface area contributed by atoms with E-state index in [-0.39, 0.29) is 0 Å². The topological polar surface area (TPSA) is 0 Å². The van der Waals surface area contributed by atoms with Gasteiger partial charge >= 0.3 is 0 Å². The lowest BCUT2D eigenvalue weighted by atomic mass is 9.94. The van der Waals surface area contributed by atoms with Crippen LogP contribution in [-0.4, -0.2) is 0 Å². The van der Waals surface area contributed by atoms with Gasteiger partial charge in [0.15, 0.2) is 0 Å². The molecule has 0 amide bonds. The lowest BCUT2D eigenvalue weighted by Gasteiger charge is -2.12. The molecule has 0 saturated heterocycles. The first-order chi connectivity index (χ1) is 4.34. The van der Waals surface area contributed by atoms with Crippen molar-refractivity contribution in [3.63, 3.8) is 0 Å². The maximum absolute atomic E-state index is 2.41. The van der Waals surface area contributed by atoms with Gasteiger partial charge in [0.2, 0.25) is 0 Å². The molecule has 0 aromatic carbocycles. The highest BCUT2D eigenvalue weighted by atomic mass is 14.3. The molecule has 2 atom stereocenters. The zero-order valence-electron chi connectivity index (χ0n) is 6.69. The van der Waals surface area contributed by atoms with E-state index in [1.54, 1.807) is 0 Å². The Morgan fingerprint density at radius 1 is 1.33 bits per heavy atom. The molecule has 0 aliphatic heterocycles. The smallest absolute Gasteiger partial charge is 0.0389 e. The third-order valence-electron chi connectivity index (χ3n) is 2.70. The van der Waals surface area contributed by atoms with Gasteiger partial charge in [0, 0.05) is 0 Å². The van der Waals surface area contributed by atoms with Crippen LogP contribution in [0.25, 0.3) is 0 Å². The zero-order chi connectivity index (χ0) is 6.69. The van der Waals surface area contributed by atoms with Crippen LogP contribution in [0.15, 0.2) is 0 Å². The Hall–Kier alpha value is 0. The second kappa shape index (κ2) is 3.24. The summed E-state index contributed by atoms with van der Waals surface area (Å²) in [6, 6.07) is 0. The second-order valence-electron chi connectivity index (χ2n) is 3.46. The average Bonchev–Trinajstić information content (AvgIpc) is 2.18. The Balaban J connectivity index is 2.22. The van der Waals surface area contributed by atoms with Crippen molar-refractivity contribution in [3.05, 3.63) is 0 Å². The van der Waals surface area contributed by atoms with Gasteiger partial charge in [-0.3, -0.25) is 0 Å². The van der Waals surface area contributed by atoms with Crippen LogP contribution >= 0.6 is 0 Å². The third kappa shape index (κ3) is 1.70. The number of hydrogen-bond acceptors (Lipinski definition) is 0. The van der Waals surface area contributed by atoms with Crippen LogP contribution in [0.2, 0.25) is 0 Å². The van der Waals surface area contributed by atoms with Crippen molar-refractivity contribution in [2.45, 2.75) is 46.0 Å². The van der Waals surface area contributed by atoms with Crippen LogP contribution in [0.4, 0.5) is 0 Å². The molecule has 0 nitrogen and oxygen atoms in total. The molecule has 0 heteroatoms. The van der Waals surface area contributed by atoms with Crippen molar-refractivity contribution in [1.29, 1.82) is 0 Å². The van der Waals surface area contributed by atoms with Gasteiger partial charge in [0.05, 0.1) is 0 Å². The van der Waals surface area contributed by atoms with E-state index in [0.29, 0.717) is 0 Å². The fourth-order valence-corrected chi connectivity index (χ4v) is 2.02. The molecule has 1 aliphatic rings. The lowest BCUT2D eigenvalue weighted by Crippen LogP contribution is -2.02. The first kappa shape index (κ1) is 7.11. The van der Waals surface area contributed by atoms with E-state index >= 15 is 0 Å². The lowest BCUT2D eigenvalue weighted by molar-refractivity contribution is 0.388. The van der Waals surface area contributed by atoms with Crippen molar-refractivity contribution in [3.8, 4) is 0 Å². The van der Waals surface area contributed by atoms with E-state index in [2.05, 4.69) is 13.8 Å². The molecule has 2 unspecified atom stereocenters. The predicted octanol–water partition coefficient (Wildman–Crippen LogP) is 3.22. The van der Waals surface area contributed by atoms with Gasteiger partial charge in [0.1, 0.15) is 0 Å². The molecule has 1 saturated carbocycles. The maximum atomic E-state index is 2.41. The molecule has 0 spiro atoms. The van der Waals surface area contributed by atoms with E-state index in [0.717, 1.165) is 11.8 Å². The molecule has 0 heterocycles. The molecule has 54 valence electrons. The van der Waals surface area contributed by atoms with Crippen LogP contribution in [0, 0.1) is 11.8 Å². The summed E-state index contributed by atoms with van der Waals surface area (Å²) in [5.41, 5.74) is 0. The van der Waals surface area contributed by atoms with Crippen LogP contribution < -0.4 is 0 Å². The molecule has 0 bridgehead atoms. The summed E-state index contributed by atoms with van der Waals surface area (Å²) in [6.45, 7) is 4.71. The Morgan fingerprint density at radius 2 is 2.11 bits per heavy atom. The van der Waals surface area contributed by atoms with Gasteiger partial charge in [-0.25, -0.2) is 0 Å². The number of rotatable bonds is 2. The number of hydrogen-bond donors (Lipinski definition) is 0. The van der Waals surface area contributed by atoms with Crippen LogP contribution in [0.1, 0.15) is 46.0 Å². The molecule has 9 heavy (non-hydrogen) atoms. The molecular weight excluding hydrogens is 108 g/mol. The zero-order valence-corrected chi connectivity index (χ0v) is 6.69. The van der Waals surface area contributed by atoms with Gasteiger partial charge in [-0.05, 0) is 11.8 Å².